The molecule has 16 heavy (non-hydrogen) atoms. The highest BCUT2D eigenvalue weighted by Gasteiger charge is 2.06. The van der Waals surface area contributed by atoms with Gasteiger partial charge in [0.1, 0.15) is 5.75 Å². The van der Waals surface area contributed by atoms with Crippen molar-refractivity contribution >= 4 is 10.9 Å². The van der Waals surface area contributed by atoms with E-state index in [1.165, 1.54) is 10.9 Å². The maximum Gasteiger partial charge on any atom is 0.117 e. The quantitative estimate of drug-likeness (QED) is 0.771. The lowest BCUT2D eigenvalue weighted by molar-refractivity contribution is 0.476. The summed E-state index contributed by atoms with van der Waals surface area (Å²) in [7, 11) is 3.99. The number of benzene rings is 1. The van der Waals surface area contributed by atoms with Crippen LogP contribution in [-0.4, -0.2) is 23.3 Å². The second-order valence-electron chi connectivity index (χ2n) is 4.17. The standard InChI is InChI=1S/C13H18N2O/c1-14-7-3-4-10-9-15(2)13-8-11(16)5-6-12(10)13/h5-6,8-9,14,16H,3-4,7H2,1-2H3. The Morgan fingerprint density at radius 2 is 2.19 bits per heavy atom. The Bertz CT molecular complexity index is 488. The van der Waals surface area contributed by atoms with E-state index in [-0.39, 0.29) is 0 Å². The first-order valence-corrected chi connectivity index (χ1v) is 5.64. The van der Waals surface area contributed by atoms with Gasteiger partial charge in [0.25, 0.3) is 0 Å². The Balaban J connectivity index is 2.32. The van der Waals surface area contributed by atoms with Crippen molar-refractivity contribution in [1.82, 2.24) is 9.88 Å². The van der Waals surface area contributed by atoms with Crippen LogP contribution in [0.1, 0.15) is 12.0 Å². The van der Waals surface area contributed by atoms with Crippen LogP contribution in [0.4, 0.5) is 0 Å². The third-order valence-corrected chi connectivity index (χ3v) is 2.93. The van der Waals surface area contributed by atoms with Gasteiger partial charge in [0.05, 0.1) is 5.52 Å². The van der Waals surface area contributed by atoms with Gasteiger partial charge < -0.3 is 15.0 Å². The maximum atomic E-state index is 9.45. The third-order valence-electron chi connectivity index (χ3n) is 2.93. The van der Waals surface area contributed by atoms with E-state index in [4.69, 9.17) is 0 Å². The van der Waals surface area contributed by atoms with Gasteiger partial charge in [0.15, 0.2) is 0 Å². The lowest BCUT2D eigenvalue weighted by atomic mass is 10.1. The minimum absolute atomic E-state index is 0.329. The number of aromatic hydroxyl groups is 1. The van der Waals surface area contributed by atoms with Crippen LogP contribution >= 0.6 is 0 Å². The molecule has 0 aliphatic rings. The van der Waals surface area contributed by atoms with Crippen LogP contribution in [0.25, 0.3) is 10.9 Å². The van der Waals surface area contributed by atoms with Crippen molar-refractivity contribution in [2.45, 2.75) is 12.8 Å². The van der Waals surface area contributed by atoms with E-state index in [1.54, 1.807) is 6.07 Å². The number of aromatic nitrogens is 1. The number of nitrogens with zero attached hydrogens (tertiary/aromatic N) is 1. The summed E-state index contributed by atoms with van der Waals surface area (Å²) in [6.07, 6.45) is 4.36. The summed E-state index contributed by atoms with van der Waals surface area (Å²) in [5.74, 6) is 0.329. The van der Waals surface area contributed by atoms with E-state index >= 15 is 0 Å². The van der Waals surface area contributed by atoms with E-state index in [9.17, 15) is 5.11 Å². The van der Waals surface area contributed by atoms with E-state index in [0.29, 0.717) is 5.75 Å². The molecule has 0 amide bonds. The molecule has 0 bridgehead atoms. The van der Waals surface area contributed by atoms with Crippen LogP contribution in [0.15, 0.2) is 24.4 Å². The molecular formula is C13H18N2O. The lowest BCUT2D eigenvalue weighted by Crippen LogP contribution is -2.08. The van der Waals surface area contributed by atoms with Gasteiger partial charge >= 0.3 is 0 Å². The van der Waals surface area contributed by atoms with Gasteiger partial charge in [-0.2, -0.15) is 0 Å². The largest absolute Gasteiger partial charge is 0.508 e. The number of phenolic OH excluding ortho intramolecular Hbond substituents is 1. The second-order valence-corrected chi connectivity index (χ2v) is 4.17. The molecule has 0 radical (unpaired) electrons. The monoisotopic (exact) mass is 218 g/mol. The fourth-order valence-electron chi connectivity index (χ4n) is 2.11. The number of rotatable bonds is 4. The van der Waals surface area contributed by atoms with Gasteiger partial charge in [-0.15, -0.1) is 0 Å². The zero-order valence-corrected chi connectivity index (χ0v) is 9.83. The first kappa shape index (κ1) is 11.0. The summed E-state index contributed by atoms with van der Waals surface area (Å²) in [5, 5.41) is 13.9. The van der Waals surface area contributed by atoms with E-state index < -0.39 is 0 Å². The highest BCUT2D eigenvalue weighted by molar-refractivity contribution is 5.85. The molecular weight excluding hydrogens is 200 g/mol. The van der Waals surface area contributed by atoms with Gasteiger partial charge in [-0.1, -0.05) is 0 Å². The van der Waals surface area contributed by atoms with Crippen molar-refractivity contribution < 1.29 is 5.11 Å². The van der Waals surface area contributed by atoms with E-state index in [1.807, 2.05) is 26.2 Å². The molecule has 3 nitrogen and oxygen atoms in total. The van der Waals surface area contributed by atoms with Gasteiger partial charge in [-0.25, -0.2) is 0 Å². The predicted molar refractivity (Wildman–Crippen MR) is 66.8 cm³/mol. The average Bonchev–Trinajstić information content (AvgIpc) is 2.56. The molecule has 2 rings (SSSR count). The molecule has 1 aromatic heterocycles. The van der Waals surface area contributed by atoms with Crippen LogP contribution < -0.4 is 5.32 Å². The van der Waals surface area contributed by atoms with Crippen LogP contribution in [-0.2, 0) is 13.5 Å². The van der Waals surface area contributed by atoms with Crippen LogP contribution in [0, 0.1) is 0 Å². The number of phenols is 1. The highest BCUT2D eigenvalue weighted by Crippen LogP contribution is 2.25. The van der Waals surface area contributed by atoms with Crippen LogP contribution in [0.3, 0.4) is 0 Å². The summed E-state index contributed by atoms with van der Waals surface area (Å²) in [6, 6.07) is 5.57. The van der Waals surface area contributed by atoms with Crippen molar-refractivity contribution in [3.8, 4) is 5.75 Å². The molecule has 86 valence electrons. The summed E-state index contributed by atoms with van der Waals surface area (Å²) < 4.78 is 2.07. The topological polar surface area (TPSA) is 37.2 Å². The lowest BCUT2D eigenvalue weighted by Gasteiger charge is -1.99. The SMILES string of the molecule is CNCCCc1cn(C)c2cc(O)ccc12. The first-order chi connectivity index (χ1) is 7.72. The van der Waals surface area contributed by atoms with Gasteiger partial charge in [-0.3, -0.25) is 0 Å². The first-order valence-electron chi connectivity index (χ1n) is 5.64. The molecule has 0 aliphatic carbocycles. The van der Waals surface area contributed by atoms with Crippen molar-refractivity contribution in [3.63, 3.8) is 0 Å². The number of fused-ring (bicyclic) bond motifs is 1. The van der Waals surface area contributed by atoms with Gasteiger partial charge in [0.2, 0.25) is 0 Å². The fraction of sp³-hybridized carbons (Fsp3) is 0.385. The van der Waals surface area contributed by atoms with Crippen LogP contribution in [0.2, 0.25) is 0 Å². The molecule has 0 fully saturated rings. The zero-order chi connectivity index (χ0) is 11.5. The van der Waals surface area contributed by atoms with Gasteiger partial charge in [0, 0.05) is 24.7 Å². The van der Waals surface area contributed by atoms with Gasteiger partial charge in [-0.05, 0) is 44.1 Å². The van der Waals surface area contributed by atoms with Crippen molar-refractivity contribution in [1.29, 1.82) is 0 Å². The number of hydrogen-bond acceptors (Lipinski definition) is 2. The summed E-state index contributed by atoms with van der Waals surface area (Å²) in [5.41, 5.74) is 2.45. The minimum Gasteiger partial charge on any atom is -0.508 e. The Kier molecular flexibility index (Phi) is 3.15. The highest BCUT2D eigenvalue weighted by atomic mass is 16.3. The molecule has 0 atom stereocenters. The molecule has 3 heteroatoms. The minimum atomic E-state index is 0.329. The molecule has 0 spiro atoms. The molecule has 0 aliphatic heterocycles. The van der Waals surface area contributed by atoms with E-state index in [2.05, 4.69) is 16.1 Å². The van der Waals surface area contributed by atoms with Crippen molar-refractivity contribution in [2.24, 2.45) is 7.05 Å². The smallest absolute Gasteiger partial charge is 0.117 e. The average molecular weight is 218 g/mol. The number of nitrogens with one attached hydrogen (secondary N) is 1. The summed E-state index contributed by atoms with van der Waals surface area (Å²) in [4.78, 5) is 0. The molecule has 0 unspecified atom stereocenters. The molecule has 0 saturated heterocycles. The second kappa shape index (κ2) is 4.58. The molecule has 2 N–H and O–H groups in total. The normalized spacial score (nSPS) is 11.1. The zero-order valence-electron chi connectivity index (χ0n) is 9.83. The molecule has 0 saturated carbocycles. The molecule has 1 aromatic carbocycles. The molecule has 1 heterocycles. The van der Waals surface area contributed by atoms with Crippen molar-refractivity contribution in [2.75, 3.05) is 13.6 Å². The van der Waals surface area contributed by atoms with Crippen molar-refractivity contribution in [3.05, 3.63) is 30.0 Å². The summed E-state index contributed by atoms with van der Waals surface area (Å²) in [6.45, 7) is 1.04. The summed E-state index contributed by atoms with van der Waals surface area (Å²) >= 11 is 0. The Morgan fingerprint density at radius 3 is 2.94 bits per heavy atom. The fourth-order valence-corrected chi connectivity index (χ4v) is 2.11. The van der Waals surface area contributed by atoms with E-state index in [0.717, 1.165) is 24.9 Å². The predicted octanol–water partition coefficient (Wildman–Crippen LogP) is 2.04. The third kappa shape index (κ3) is 2.04. The molecule has 2 aromatic rings. The maximum absolute atomic E-state index is 9.45. The Labute approximate surface area is 95.7 Å². The number of aryl methyl sites for hydroxylation is 2. The Morgan fingerprint density at radius 1 is 1.38 bits per heavy atom. The van der Waals surface area contributed by atoms with Crippen LogP contribution in [0.5, 0.6) is 5.75 Å². The number of hydrogen-bond donors (Lipinski definition) is 2. The Hall–Kier alpha value is -1.48.